The van der Waals surface area contributed by atoms with Gasteiger partial charge in [-0.2, -0.15) is 5.53 Å². The van der Waals surface area contributed by atoms with E-state index in [1.807, 2.05) is 0 Å². The number of carboxylic acid groups (broad SMARTS) is 1. The summed E-state index contributed by atoms with van der Waals surface area (Å²) >= 11 is 0. The number of nitrogens with one attached hydrogen (secondary N) is 2. The van der Waals surface area contributed by atoms with Crippen LogP contribution in [-0.2, 0) is 4.79 Å². The van der Waals surface area contributed by atoms with Gasteiger partial charge in [-0.25, -0.2) is 0 Å². The van der Waals surface area contributed by atoms with Crippen molar-refractivity contribution in [1.29, 1.82) is 0 Å². The first-order chi connectivity index (χ1) is 5.27. The summed E-state index contributed by atoms with van der Waals surface area (Å²) < 4.78 is 0. The molecule has 0 spiro atoms. The third kappa shape index (κ3) is 8.86. The second-order valence-electron chi connectivity index (χ2n) is 1.82. The quantitative estimate of drug-likeness (QED) is 0.129. The van der Waals surface area contributed by atoms with Gasteiger partial charge in [0.25, 0.3) is 0 Å². The van der Waals surface area contributed by atoms with Gasteiger partial charge in [-0.15, -0.1) is 0 Å². The number of rotatable bonds is 6. The Labute approximate surface area is 64.4 Å². The van der Waals surface area contributed by atoms with Crippen LogP contribution in [0.25, 0.3) is 0 Å². The van der Waals surface area contributed by atoms with Crippen LogP contribution in [0.15, 0.2) is 4.99 Å². The third-order valence-electron chi connectivity index (χ3n) is 0.917. The number of carbonyl (C=O) groups is 1. The molecule has 0 atom stereocenters. The lowest BCUT2D eigenvalue weighted by atomic mass is 10.3. The van der Waals surface area contributed by atoms with Gasteiger partial charge in [0.05, 0.1) is 6.34 Å². The van der Waals surface area contributed by atoms with Crippen LogP contribution in [-0.4, -0.2) is 24.0 Å². The maximum atomic E-state index is 9.99. The van der Waals surface area contributed by atoms with Gasteiger partial charge in [0.1, 0.15) is 0 Å². The summed E-state index contributed by atoms with van der Waals surface area (Å²) in [6.45, 7) is 0.487. The maximum Gasteiger partial charge on any atom is 0.303 e. The van der Waals surface area contributed by atoms with Crippen molar-refractivity contribution in [1.82, 2.24) is 11.0 Å². The molecule has 0 unspecified atom stereocenters. The molecule has 6 nitrogen and oxygen atoms in total. The van der Waals surface area contributed by atoms with Gasteiger partial charge in [0.2, 0.25) is 0 Å². The zero-order valence-electron chi connectivity index (χ0n) is 6.08. The molecule has 0 amide bonds. The van der Waals surface area contributed by atoms with Crippen LogP contribution >= 0.6 is 0 Å². The number of hydrazine groups is 2. The van der Waals surface area contributed by atoms with Crippen molar-refractivity contribution in [3.63, 3.8) is 0 Å². The third-order valence-corrected chi connectivity index (χ3v) is 0.917. The van der Waals surface area contributed by atoms with Crippen molar-refractivity contribution in [2.45, 2.75) is 12.8 Å². The highest BCUT2D eigenvalue weighted by Gasteiger charge is 1.92. The minimum Gasteiger partial charge on any atom is -0.481 e. The second kappa shape index (κ2) is 6.97. The maximum absolute atomic E-state index is 9.99. The Balaban J connectivity index is 3.07. The summed E-state index contributed by atoms with van der Waals surface area (Å²) in [5.41, 5.74) is 4.58. The van der Waals surface area contributed by atoms with Crippen molar-refractivity contribution >= 4 is 12.3 Å². The second-order valence-corrected chi connectivity index (χ2v) is 1.82. The predicted molar refractivity (Wildman–Crippen MR) is 40.7 cm³/mol. The van der Waals surface area contributed by atoms with Crippen molar-refractivity contribution in [2.75, 3.05) is 6.54 Å². The lowest BCUT2D eigenvalue weighted by molar-refractivity contribution is -0.137. The van der Waals surface area contributed by atoms with Crippen LogP contribution in [0.4, 0.5) is 0 Å². The molecule has 6 heteroatoms. The van der Waals surface area contributed by atoms with Crippen molar-refractivity contribution in [3.8, 4) is 0 Å². The topological polar surface area (TPSA) is 99.7 Å². The van der Waals surface area contributed by atoms with Gasteiger partial charge >= 0.3 is 5.97 Å². The SMILES string of the molecule is NNNC=NCCCC(=O)O. The molecule has 0 aliphatic heterocycles. The number of nitrogens with zero attached hydrogens (tertiary/aromatic N) is 1. The van der Waals surface area contributed by atoms with Crippen LogP contribution < -0.4 is 16.8 Å². The predicted octanol–water partition coefficient (Wildman–Crippen LogP) is -1.15. The molecule has 5 N–H and O–H groups in total. The average molecular weight is 160 g/mol. The van der Waals surface area contributed by atoms with E-state index in [4.69, 9.17) is 10.9 Å². The van der Waals surface area contributed by atoms with E-state index in [0.29, 0.717) is 13.0 Å². The molecule has 0 radical (unpaired) electrons. The molecule has 0 heterocycles. The lowest BCUT2D eigenvalue weighted by Crippen LogP contribution is -2.36. The highest BCUT2D eigenvalue weighted by molar-refractivity contribution is 5.66. The molecule has 0 saturated heterocycles. The molecule has 0 fully saturated rings. The molecule has 0 aliphatic carbocycles. The number of hydrogen-bond donors (Lipinski definition) is 4. The summed E-state index contributed by atoms with van der Waals surface area (Å²) in [5.74, 6) is 4.04. The molecule has 0 aromatic carbocycles. The van der Waals surface area contributed by atoms with Gasteiger partial charge in [-0.05, 0) is 6.42 Å². The fourth-order valence-electron chi connectivity index (χ4n) is 0.469. The van der Waals surface area contributed by atoms with Gasteiger partial charge in [0, 0.05) is 13.0 Å². The van der Waals surface area contributed by atoms with E-state index >= 15 is 0 Å². The molecule has 64 valence electrons. The Morgan fingerprint density at radius 2 is 2.45 bits per heavy atom. The highest BCUT2D eigenvalue weighted by atomic mass is 16.4. The lowest BCUT2D eigenvalue weighted by Gasteiger charge is -1.93. The summed E-state index contributed by atoms with van der Waals surface area (Å²) in [6.07, 6.45) is 2.06. The van der Waals surface area contributed by atoms with Gasteiger partial charge in [-0.3, -0.25) is 21.1 Å². The summed E-state index contributed by atoms with van der Waals surface area (Å²) in [7, 11) is 0. The van der Waals surface area contributed by atoms with E-state index in [-0.39, 0.29) is 6.42 Å². The molecule has 11 heavy (non-hydrogen) atoms. The Morgan fingerprint density at radius 1 is 1.73 bits per heavy atom. The minimum atomic E-state index is -0.801. The number of aliphatic carboxylic acids is 1. The van der Waals surface area contributed by atoms with Gasteiger partial charge in [-0.1, -0.05) is 0 Å². The van der Waals surface area contributed by atoms with E-state index in [9.17, 15) is 4.79 Å². The van der Waals surface area contributed by atoms with E-state index in [1.54, 1.807) is 0 Å². The van der Waals surface area contributed by atoms with Crippen LogP contribution in [0.1, 0.15) is 12.8 Å². The van der Waals surface area contributed by atoms with Crippen molar-refractivity contribution in [3.05, 3.63) is 0 Å². The van der Waals surface area contributed by atoms with E-state index in [0.717, 1.165) is 0 Å². The molecular weight excluding hydrogens is 148 g/mol. The summed E-state index contributed by atoms with van der Waals surface area (Å²) in [4.78, 5) is 13.8. The fourth-order valence-corrected chi connectivity index (χ4v) is 0.469. The molecular formula is C5H12N4O2. The van der Waals surface area contributed by atoms with E-state index in [1.165, 1.54) is 6.34 Å². The molecule has 0 rings (SSSR count). The largest absolute Gasteiger partial charge is 0.481 e. The first-order valence-electron chi connectivity index (χ1n) is 3.18. The Morgan fingerprint density at radius 3 is 3.00 bits per heavy atom. The standard InChI is InChI=1S/C5H12N4O2/c6-9-8-4-7-3-1-2-5(10)11/h4,9H,1-3,6H2,(H,7,8)(H,10,11). The van der Waals surface area contributed by atoms with Crippen LogP contribution in [0, 0.1) is 0 Å². The number of hydrogen-bond acceptors (Lipinski definition) is 4. The zero-order valence-corrected chi connectivity index (χ0v) is 6.08. The van der Waals surface area contributed by atoms with Crippen LogP contribution in [0.3, 0.4) is 0 Å². The monoisotopic (exact) mass is 160 g/mol. The molecule has 0 saturated carbocycles. The van der Waals surface area contributed by atoms with Crippen LogP contribution in [0.5, 0.6) is 0 Å². The fraction of sp³-hybridized carbons (Fsp3) is 0.600. The first kappa shape index (κ1) is 9.86. The molecule has 0 aromatic heterocycles. The van der Waals surface area contributed by atoms with E-state index in [2.05, 4.69) is 16.0 Å². The van der Waals surface area contributed by atoms with Crippen molar-refractivity contribution in [2.24, 2.45) is 10.8 Å². The van der Waals surface area contributed by atoms with Crippen molar-refractivity contribution < 1.29 is 9.90 Å². The zero-order chi connectivity index (χ0) is 8.53. The smallest absolute Gasteiger partial charge is 0.303 e. The van der Waals surface area contributed by atoms with Gasteiger partial charge < -0.3 is 5.11 Å². The summed E-state index contributed by atoms with van der Waals surface area (Å²) in [5, 5.41) is 8.22. The minimum absolute atomic E-state index is 0.146. The number of aliphatic imine (C=N–C) groups is 1. The first-order valence-corrected chi connectivity index (χ1v) is 3.18. The average Bonchev–Trinajstić information content (AvgIpc) is 1.96. The Bertz CT molecular complexity index is 136. The molecule has 0 aromatic rings. The highest BCUT2D eigenvalue weighted by Crippen LogP contribution is 1.87. The Kier molecular flexibility index (Phi) is 6.25. The normalized spacial score (nSPS) is 10.3. The number of carboxylic acids is 1. The summed E-state index contributed by atoms with van der Waals surface area (Å²) in [6, 6.07) is 0. The number of nitrogens with two attached hydrogens (primary N) is 1. The molecule has 0 aliphatic rings. The van der Waals surface area contributed by atoms with E-state index < -0.39 is 5.97 Å². The Hall–Kier alpha value is -1.14. The van der Waals surface area contributed by atoms with Gasteiger partial charge in [0.15, 0.2) is 0 Å². The molecule has 0 bridgehead atoms. The van der Waals surface area contributed by atoms with Crippen LogP contribution in [0.2, 0.25) is 0 Å².